The highest BCUT2D eigenvalue weighted by atomic mass is 79.9. The molecule has 2 N–H and O–H groups in total. The number of amides is 1. The lowest BCUT2D eigenvalue weighted by Gasteiger charge is -2.11. The maximum atomic E-state index is 11.5. The molecule has 2 rings (SSSR count). The summed E-state index contributed by atoms with van der Waals surface area (Å²) < 4.78 is 6.89. The van der Waals surface area contributed by atoms with Crippen LogP contribution in [0.4, 0.5) is 0 Å². The number of ether oxygens (including phenoxy) is 1. The third-order valence-corrected chi connectivity index (χ3v) is 3.71. The van der Waals surface area contributed by atoms with Crippen LogP contribution in [0.3, 0.4) is 0 Å². The van der Waals surface area contributed by atoms with Gasteiger partial charge in [0, 0.05) is 6.04 Å². The van der Waals surface area contributed by atoms with Crippen molar-refractivity contribution in [3.63, 3.8) is 0 Å². The van der Waals surface area contributed by atoms with E-state index in [9.17, 15) is 4.79 Å². The first-order chi connectivity index (χ1) is 8.60. The lowest BCUT2D eigenvalue weighted by atomic mass is 10.2. The molecule has 0 atom stereocenters. The highest BCUT2D eigenvalue weighted by Gasteiger charge is 2.23. The first-order valence-corrected chi connectivity index (χ1v) is 7.19. The fourth-order valence-electron chi connectivity index (χ4n) is 1.48. The van der Waals surface area contributed by atoms with Gasteiger partial charge in [0.25, 0.3) is 5.91 Å². The van der Waals surface area contributed by atoms with Crippen LogP contribution in [0.25, 0.3) is 0 Å². The second kappa shape index (κ2) is 6.04. The second-order valence-corrected chi connectivity index (χ2v) is 5.89. The van der Waals surface area contributed by atoms with E-state index in [1.807, 2.05) is 0 Å². The normalized spacial score (nSPS) is 14.4. The Hall–Kier alpha value is -0.590. The van der Waals surface area contributed by atoms with Crippen LogP contribution in [-0.2, 0) is 11.4 Å². The maximum Gasteiger partial charge on any atom is 0.258 e. The monoisotopic (exact) mass is 377 g/mol. The van der Waals surface area contributed by atoms with E-state index in [0.29, 0.717) is 20.7 Å². The number of hydrogen-bond acceptors (Lipinski definition) is 3. The van der Waals surface area contributed by atoms with E-state index < -0.39 is 0 Å². The third-order valence-electron chi connectivity index (χ3n) is 2.53. The molecule has 98 valence electrons. The minimum Gasteiger partial charge on any atom is -0.481 e. The van der Waals surface area contributed by atoms with Crippen molar-refractivity contribution in [2.75, 3.05) is 6.61 Å². The topological polar surface area (TPSA) is 58.6 Å². The van der Waals surface area contributed by atoms with Crippen LogP contribution in [0, 0.1) is 0 Å². The summed E-state index contributed by atoms with van der Waals surface area (Å²) in [5.74, 6) is 0.459. The number of aliphatic hydroxyl groups is 1. The summed E-state index contributed by atoms with van der Waals surface area (Å²) in [6, 6.07) is 3.86. The van der Waals surface area contributed by atoms with Crippen molar-refractivity contribution in [3.05, 3.63) is 26.6 Å². The number of rotatable bonds is 5. The molecule has 6 heteroatoms. The molecule has 1 aliphatic rings. The fourth-order valence-corrected chi connectivity index (χ4v) is 2.99. The summed E-state index contributed by atoms with van der Waals surface area (Å²) in [5, 5.41) is 11.9. The zero-order chi connectivity index (χ0) is 13.1. The van der Waals surface area contributed by atoms with Crippen molar-refractivity contribution in [3.8, 4) is 5.75 Å². The smallest absolute Gasteiger partial charge is 0.258 e. The van der Waals surface area contributed by atoms with Crippen LogP contribution < -0.4 is 10.1 Å². The van der Waals surface area contributed by atoms with Gasteiger partial charge < -0.3 is 15.2 Å². The minimum atomic E-state index is -0.109. The quantitative estimate of drug-likeness (QED) is 0.826. The first-order valence-electron chi connectivity index (χ1n) is 5.61. The van der Waals surface area contributed by atoms with Crippen molar-refractivity contribution in [2.45, 2.75) is 25.5 Å². The molecule has 0 aromatic heterocycles. The van der Waals surface area contributed by atoms with Crippen LogP contribution >= 0.6 is 31.9 Å². The van der Waals surface area contributed by atoms with E-state index in [-0.39, 0.29) is 19.1 Å². The number of carbonyl (C=O) groups is 1. The molecule has 0 bridgehead atoms. The minimum absolute atomic E-state index is 0.00777. The van der Waals surface area contributed by atoms with Crippen LogP contribution in [0.5, 0.6) is 5.75 Å². The molecule has 0 aliphatic heterocycles. The van der Waals surface area contributed by atoms with Gasteiger partial charge in [-0.15, -0.1) is 0 Å². The zero-order valence-corrected chi connectivity index (χ0v) is 12.8. The van der Waals surface area contributed by atoms with Gasteiger partial charge >= 0.3 is 0 Å². The molecule has 0 spiro atoms. The van der Waals surface area contributed by atoms with Gasteiger partial charge in [0.15, 0.2) is 6.61 Å². The standard InChI is InChI=1S/C12H13Br2NO3/c13-9-3-7(5-16)4-10(14)12(9)18-6-11(17)15-8-1-2-8/h3-4,8,16H,1-2,5-6H2,(H,15,17). The van der Waals surface area contributed by atoms with Crippen LogP contribution in [0.2, 0.25) is 0 Å². The lowest BCUT2D eigenvalue weighted by molar-refractivity contribution is -0.123. The molecule has 18 heavy (non-hydrogen) atoms. The molecule has 1 aliphatic carbocycles. The van der Waals surface area contributed by atoms with Gasteiger partial charge in [0.2, 0.25) is 0 Å². The van der Waals surface area contributed by atoms with Gasteiger partial charge in [-0.05, 0) is 62.4 Å². The predicted octanol–water partition coefficient (Wildman–Crippen LogP) is 2.36. The zero-order valence-electron chi connectivity index (χ0n) is 9.58. The lowest BCUT2D eigenvalue weighted by Crippen LogP contribution is -2.30. The Kier molecular flexibility index (Phi) is 4.64. The van der Waals surface area contributed by atoms with E-state index in [0.717, 1.165) is 18.4 Å². The van der Waals surface area contributed by atoms with Crippen molar-refractivity contribution in [1.29, 1.82) is 0 Å². The summed E-state index contributed by atoms with van der Waals surface area (Å²) in [6.07, 6.45) is 2.12. The van der Waals surface area contributed by atoms with Gasteiger partial charge in [0.05, 0.1) is 15.6 Å². The van der Waals surface area contributed by atoms with Crippen molar-refractivity contribution < 1.29 is 14.6 Å². The SMILES string of the molecule is O=C(COc1c(Br)cc(CO)cc1Br)NC1CC1. The molecule has 1 saturated carbocycles. The Bertz CT molecular complexity index is 438. The van der Waals surface area contributed by atoms with Crippen molar-refractivity contribution >= 4 is 37.8 Å². The van der Waals surface area contributed by atoms with E-state index in [1.54, 1.807) is 12.1 Å². The number of nitrogens with one attached hydrogen (secondary N) is 1. The van der Waals surface area contributed by atoms with Crippen molar-refractivity contribution in [2.24, 2.45) is 0 Å². The Morgan fingerprint density at radius 2 is 2.00 bits per heavy atom. The van der Waals surface area contributed by atoms with Crippen LogP contribution in [0.1, 0.15) is 18.4 Å². The fraction of sp³-hybridized carbons (Fsp3) is 0.417. The van der Waals surface area contributed by atoms with Gasteiger partial charge in [-0.1, -0.05) is 0 Å². The number of carbonyl (C=O) groups excluding carboxylic acids is 1. The third kappa shape index (κ3) is 3.70. The second-order valence-electron chi connectivity index (χ2n) is 4.18. The number of hydrogen-bond donors (Lipinski definition) is 2. The van der Waals surface area contributed by atoms with Gasteiger partial charge in [-0.3, -0.25) is 4.79 Å². The Balaban J connectivity index is 1.97. The molecule has 0 unspecified atom stereocenters. The summed E-state index contributed by atoms with van der Waals surface area (Å²) >= 11 is 6.71. The first kappa shape index (κ1) is 13.8. The molecule has 1 fully saturated rings. The van der Waals surface area contributed by atoms with E-state index in [4.69, 9.17) is 9.84 Å². The summed E-state index contributed by atoms with van der Waals surface area (Å²) in [5.41, 5.74) is 0.767. The summed E-state index contributed by atoms with van der Waals surface area (Å²) in [6.45, 7) is -0.0498. The molecule has 0 radical (unpaired) electrons. The molecule has 1 aromatic rings. The average molecular weight is 379 g/mol. The number of aliphatic hydroxyl groups excluding tert-OH is 1. The number of halogens is 2. The van der Waals surface area contributed by atoms with Gasteiger partial charge in [-0.25, -0.2) is 0 Å². The van der Waals surface area contributed by atoms with Gasteiger partial charge in [-0.2, -0.15) is 0 Å². The van der Waals surface area contributed by atoms with Crippen LogP contribution in [0.15, 0.2) is 21.1 Å². The molecular formula is C12H13Br2NO3. The molecule has 1 aromatic carbocycles. The Labute approximate surface area is 122 Å². The molecule has 4 nitrogen and oxygen atoms in total. The molecule has 0 heterocycles. The number of benzene rings is 1. The maximum absolute atomic E-state index is 11.5. The average Bonchev–Trinajstić information content (AvgIpc) is 3.11. The highest BCUT2D eigenvalue weighted by molar-refractivity contribution is 9.11. The van der Waals surface area contributed by atoms with Crippen LogP contribution in [-0.4, -0.2) is 23.7 Å². The van der Waals surface area contributed by atoms with E-state index in [2.05, 4.69) is 37.2 Å². The Morgan fingerprint density at radius 1 is 1.39 bits per heavy atom. The highest BCUT2D eigenvalue weighted by Crippen LogP contribution is 2.34. The largest absolute Gasteiger partial charge is 0.481 e. The summed E-state index contributed by atoms with van der Waals surface area (Å²) in [7, 11) is 0. The van der Waals surface area contributed by atoms with Crippen molar-refractivity contribution in [1.82, 2.24) is 5.32 Å². The van der Waals surface area contributed by atoms with Gasteiger partial charge in [0.1, 0.15) is 5.75 Å². The molecular weight excluding hydrogens is 366 g/mol. The predicted molar refractivity (Wildman–Crippen MR) is 74.4 cm³/mol. The molecule has 1 amide bonds. The van der Waals surface area contributed by atoms with E-state index >= 15 is 0 Å². The van der Waals surface area contributed by atoms with E-state index in [1.165, 1.54) is 0 Å². The Morgan fingerprint density at radius 3 is 2.50 bits per heavy atom. The summed E-state index contributed by atoms with van der Waals surface area (Å²) in [4.78, 5) is 11.5. The molecule has 0 saturated heterocycles.